The number of rotatable bonds is 2. The van der Waals surface area contributed by atoms with Gasteiger partial charge in [0.15, 0.2) is 0 Å². The highest BCUT2D eigenvalue weighted by Crippen LogP contribution is 2.11. The van der Waals surface area contributed by atoms with Crippen LogP contribution in [0.25, 0.3) is 0 Å². The fraction of sp³-hybridized carbons (Fsp3) is 0.333. The van der Waals surface area contributed by atoms with Gasteiger partial charge in [0.25, 0.3) is 5.91 Å². The largest absolute Gasteiger partial charge is 0.384 e. The first-order chi connectivity index (χ1) is 9.60. The average Bonchev–Trinajstić information content (AvgIpc) is 2.82. The van der Waals surface area contributed by atoms with Crippen molar-refractivity contribution >= 4 is 11.8 Å². The second kappa shape index (κ2) is 6.22. The second-order valence-electron chi connectivity index (χ2n) is 4.67. The lowest BCUT2D eigenvalue weighted by molar-refractivity contribution is -0.119. The maximum absolute atomic E-state index is 12.1. The van der Waals surface area contributed by atoms with E-state index in [1.165, 1.54) is 0 Å². The zero-order valence-corrected chi connectivity index (χ0v) is 11.2. The molecule has 5 heteroatoms. The molecule has 3 N–H and O–H groups in total. The van der Waals surface area contributed by atoms with Gasteiger partial charge in [-0.15, -0.1) is 0 Å². The molecule has 1 heterocycles. The van der Waals surface area contributed by atoms with E-state index in [1.807, 2.05) is 6.92 Å². The number of nitrogens with one attached hydrogen (secondary N) is 2. The Bertz CT molecular complexity index is 599. The molecule has 1 aliphatic rings. The summed E-state index contributed by atoms with van der Waals surface area (Å²) in [5, 5.41) is 14.2. The molecule has 1 aromatic carbocycles. The SMILES string of the molecule is Cc1cc(C(=O)NC2CNC(=O)C2)ccc1C#CCO. The normalized spacial score (nSPS) is 17.1. The van der Waals surface area contributed by atoms with E-state index in [0.29, 0.717) is 18.5 Å². The van der Waals surface area contributed by atoms with Crippen molar-refractivity contribution in [3.8, 4) is 11.8 Å². The van der Waals surface area contributed by atoms with Crippen molar-refractivity contribution in [3.05, 3.63) is 34.9 Å². The van der Waals surface area contributed by atoms with Crippen LogP contribution >= 0.6 is 0 Å². The molecular weight excluding hydrogens is 256 g/mol. The molecule has 1 saturated heterocycles. The zero-order chi connectivity index (χ0) is 14.5. The molecule has 1 aliphatic heterocycles. The predicted molar refractivity (Wildman–Crippen MR) is 74.0 cm³/mol. The molecule has 5 nitrogen and oxygen atoms in total. The molecule has 1 fully saturated rings. The Morgan fingerprint density at radius 2 is 2.35 bits per heavy atom. The van der Waals surface area contributed by atoms with Crippen LogP contribution in [0.5, 0.6) is 0 Å². The van der Waals surface area contributed by atoms with E-state index in [-0.39, 0.29) is 24.5 Å². The minimum atomic E-state index is -0.198. The summed E-state index contributed by atoms with van der Waals surface area (Å²) in [4.78, 5) is 23.1. The summed E-state index contributed by atoms with van der Waals surface area (Å²) in [7, 11) is 0. The van der Waals surface area contributed by atoms with Crippen LogP contribution in [-0.4, -0.2) is 36.1 Å². The molecule has 20 heavy (non-hydrogen) atoms. The summed E-state index contributed by atoms with van der Waals surface area (Å²) in [5.41, 5.74) is 2.20. The maximum atomic E-state index is 12.1. The second-order valence-corrected chi connectivity index (χ2v) is 4.67. The maximum Gasteiger partial charge on any atom is 0.251 e. The van der Waals surface area contributed by atoms with E-state index in [2.05, 4.69) is 22.5 Å². The van der Waals surface area contributed by atoms with Crippen LogP contribution in [0.2, 0.25) is 0 Å². The zero-order valence-electron chi connectivity index (χ0n) is 11.2. The van der Waals surface area contributed by atoms with Gasteiger partial charge < -0.3 is 15.7 Å². The van der Waals surface area contributed by atoms with Gasteiger partial charge in [-0.05, 0) is 30.7 Å². The molecule has 104 valence electrons. The Kier molecular flexibility index (Phi) is 4.38. The van der Waals surface area contributed by atoms with Crippen molar-refractivity contribution in [1.29, 1.82) is 0 Å². The lowest BCUT2D eigenvalue weighted by Gasteiger charge is -2.11. The number of aliphatic hydroxyl groups is 1. The first-order valence-electron chi connectivity index (χ1n) is 6.38. The number of benzene rings is 1. The summed E-state index contributed by atoms with van der Waals surface area (Å²) in [6.45, 7) is 2.15. The minimum Gasteiger partial charge on any atom is -0.384 e. The standard InChI is InChI=1S/C15H16N2O3/c1-10-7-12(5-4-11(10)3-2-6-18)15(20)17-13-8-14(19)16-9-13/h4-5,7,13,18H,6,8-9H2,1H3,(H,16,19)(H,17,20). The topological polar surface area (TPSA) is 78.4 Å². The minimum absolute atomic E-state index is 0.0406. The Morgan fingerprint density at radius 3 is 2.95 bits per heavy atom. The van der Waals surface area contributed by atoms with Gasteiger partial charge in [-0.25, -0.2) is 0 Å². The Morgan fingerprint density at radius 1 is 1.55 bits per heavy atom. The highest BCUT2D eigenvalue weighted by Gasteiger charge is 2.23. The monoisotopic (exact) mass is 272 g/mol. The van der Waals surface area contributed by atoms with Crippen LogP contribution in [0.3, 0.4) is 0 Å². The Labute approximate surface area is 117 Å². The summed E-state index contributed by atoms with van der Waals surface area (Å²) in [6, 6.07) is 5.05. The quantitative estimate of drug-likeness (QED) is 0.661. The molecule has 1 unspecified atom stereocenters. The fourth-order valence-corrected chi connectivity index (χ4v) is 2.06. The van der Waals surface area contributed by atoms with E-state index < -0.39 is 0 Å². The molecular formula is C15H16N2O3. The van der Waals surface area contributed by atoms with Gasteiger partial charge in [-0.2, -0.15) is 0 Å². The Hall–Kier alpha value is -2.32. The summed E-state index contributed by atoms with van der Waals surface area (Å²) < 4.78 is 0. The van der Waals surface area contributed by atoms with Crippen LogP contribution < -0.4 is 10.6 Å². The van der Waals surface area contributed by atoms with Crippen molar-refractivity contribution < 1.29 is 14.7 Å². The summed E-state index contributed by atoms with van der Waals surface area (Å²) >= 11 is 0. The van der Waals surface area contributed by atoms with E-state index in [4.69, 9.17) is 5.11 Å². The smallest absolute Gasteiger partial charge is 0.251 e. The molecule has 0 saturated carbocycles. The molecule has 0 spiro atoms. The molecule has 0 aliphatic carbocycles. The highest BCUT2D eigenvalue weighted by atomic mass is 16.2. The van der Waals surface area contributed by atoms with E-state index >= 15 is 0 Å². The third-order valence-electron chi connectivity index (χ3n) is 3.10. The van der Waals surface area contributed by atoms with E-state index in [9.17, 15) is 9.59 Å². The van der Waals surface area contributed by atoms with Crippen LogP contribution in [0.1, 0.15) is 27.9 Å². The van der Waals surface area contributed by atoms with Crippen molar-refractivity contribution in [1.82, 2.24) is 10.6 Å². The van der Waals surface area contributed by atoms with Crippen molar-refractivity contribution in [2.24, 2.45) is 0 Å². The Balaban J connectivity index is 2.07. The van der Waals surface area contributed by atoms with Gasteiger partial charge in [0.1, 0.15) is 6.61 Å². The first-order valence-corrected chi connectivity index (χ1v) is 6.38. The van der Waals surface area contributed by atoms with Gasteiger partial charge >= 0.3 is 0 Å². The molecule has 0 radical (unpaired) electrons. The van der Waals surface area contributed by atoms with Crippen LogP contribution in [0, 0.1) is 18.8 Å². The molecule has 0 aromatic heterocycles. The van der Waals surface area contributed by atoms with Gasteiger partial charge in [-0.1, -0.05) is 11.8 Å². The third kappa shape index (κ3) is 3.37. The number of aliphatic hydroxyl groups excluding tert-OH is 1. The van der Waals surface area contributed by atoms with Gasteiger partial charge in [0.2, 0.25) is 5.91 Å². The summed E-state index contributed by atoms with van der Waals surface area (Å²) in [5.74, 6) is 5.16. The molecule has 1 aromatic rings. The van der Waals surface area contributed by atoms with Crippen molar-refractivity contribution in [3.63, 3.8) is 0 Å². The predicted octanol–water partition coefficient (Wildman–Crippen LogP) is -0.0429. The number of hydrogen-bond donors (Lipinski definition) is 3. The lowest BCUT2D eigenvalue weighted by Crippen LogP contribution is -2.36. The van der Waals surface area contributed by atoms with Gasteiger partial charge in [0, 0.05) is 24.1 Å². The van der Waals surface area contributed by atoms with Crippen molar-refractivity contribution in [2.45, 2.75) is 19.4 Å². The van der Waals surface area contributed by atoms with Crippen molar-refractivity contribution in [2.75, 3.05) is 13.2 Å². The first kappa shape index (κ1) is 14.1. The third-order valence-corrected chi connectivity index (χ3v) is 3.10. The lowest BCUT2D eigenvalue weighted by atomic mass is 10.0. The van der Waals surface area contributed by atoms with E-state index in [1.54, 1.807) is 18.2 Å². The number of carbonyl (C=O) groups is 2. The summed E-state index contributed by atoms with van der Waals surface area (Å²) in [6.07, 6.45) is 0.324. The number of carbonyl (C=O) groups excluding carboxylic acids is 2. The van der Waals surface area contributed by atoms with Crippen LogP contribution in [0.15, 0.2) is 18.2 Å². The van der Waals surface area contributed by atoms with Gasteiger partial charge in [0.05, 0.1) is 6.04 Å². The van der Waals surface area contributed by atoms with Gasteiger partial charge in [-0.3, -0.25) is 9.59 Å². The molecule has 2 amide bonds. The van der Waals surface area contributed by atoms with E-state index in [0.717, 1.165) is 11.1 Å². The number of hydrogen-bond acceptors (Lipinski definition) is 3. The van der Waals surface area contributed by atoms with Crippen LogP contribution in [0.4, 0.5) is 0 Å². The molecule has 2 rings (SSSR count). The fourth-order valence-electron chi connectivity index (χ4n) is 2.06. The van der Waals surface area contributed by atoms with Crippen LogP contribution in [-0.2, 0) is 4.79 Å². The number of amides is 2. The highest BCUT2D eigenvalue weighted by molar-refractivity contribution is 5.95. The molecule has 0 bridgehead atoms. The number of aryl methyl sites for hydroxylation is 1. The molecule has 1 atom stereocenters. The average molecular weight is 272 g/mol.